The van der Waals surface area contributed by atoms with Gasteiger partial charge in [-0.25, -0.2) is 9.59 Å². The molecular formula is C20H20N2O7. The summed E-state index contributed by atoms with van der Waals surface area (Å²) in [4.78, 5) is 34.0. The molecule has 0 fully saturated rings. The van der Waals surface area contributed by atoms with E-state index in [1.165, 1.54) is 0 Å². The third-order valence-corrected chi connectivity index (χ3v) is 4.66. The van der Waals surface area contributed by atoms with Crippen LogP contribution in [0.15, 0.2) is 48.5 Å². The van der Waals surface area contributed by atoms with Gasteiger partial charge >= 0.3 is 12.1 Å². The van der Waals surface area contributed by atoms with Gasteiger partial charge in [0.05, 0.1) is 6.67 Å². The fourth-order valence-corrected chi connectivity index (χ4v) is 3.24. The van der Waals surface area contributed by atoms with Crippen LogP contribution in [-0.4, -0.2) is 58.8 Å². The number of aliphatic hydroxyl groups excluding tert-OH is 2. The maximum Gasteiger partial charge on any atom is 0.408 e. The molecule has 1 aliphatic carbocycles. The number of alkyl carbamates (subject to hydrolysis) is 1. The second-order valence-corrected chi connectivity index (χ2v) is 6.45. The second kappa shape index (κ2) is 8.72. The van der Waals surface area contributed by atoms with E-state index in [4.69, 9.17) is 14.9 Å². The highest BCUT2D eigenvalue weighted by atomic mass is 16.5. The smallest absolute Gasteiger partial charge is 0.408 e. The second-order valence-electron chi connectivity index (χ2n) is 6.45. The molecule has 3 rings (SSSR count). The van der Waals surface area contributed by atoms with Gasteiger partial charge in [0.1, 0.15) is 6.61 Å². The van der Waals surface area contributed by atoms with Gasteiger partial charge in [-0.2, -0.15) is 0 Å². The van der Waals surface area contributed by atoms with E-state index in [-0.39, 0.29) is 12.5 Å². The largest absolute Gasteiger partial charge is 0.479 e. The first-order chi connectivity index (χ1) is 13.9. The first-order valence-corrected chi connectivity index (χ1v) is 8.85. The molecule has 0 heterocycles. The van der Waals surface area contributed by atoms with Crippen molar-refractivity contribution in [2.75, 3.05) is 13.3 Å². The van der Waals surface area contributed by atoms with E-state index in [0.717, 1.165) is 22.3 Å². The number of ether oxygens (including phenoxy) is 1. The number of carbonyl (C=O) groups excluding carboxylic acids is 2. The minimum atomic E-state index is -2.26. The third-order valence-electron chi connectivity index (χ3n) is 4.66. The molecular weight excluding hydrogens is 380 g/mol. The van der Waals surface area contributed by atoms with Crippen molar-refractivity contribution in [3.05, 3.63) is 59.7 Å². The summed E-state index contributed by atoms with van der Waals surface area (Å²) in [7, 11) is 0. The Morgan fingerprint density at radius 2 is 1.45 bits per heavy atom. The monoisotopic (exact) mass is 400 g/mol. The molecule has 2 atom stereocenters. The fourth-order valence-electron chi connectivity index (χ4n) is 3.24. The number of carbonyl (C=O) groups is 3. The first kappa shape index (κ1) is 20.3. The molecule has 2 unspecified atom stereocenters. The average molecular weight is 400 g/mol. The van der Waals surface area contributed by atoms with Crippen molar-refractivity contribution < 1.29 is 34.4 Å². The number of benzene rings is 2. The quantitative estimate of drug-likeness (QED) is 0.423. The van der Waals surface area contributed by atoms with Gasteiger partial charge in [0, 0.05) is 5.92 Å². The van der Waals surface area contributed by atoms with Crippen molar-refractivity contribution >= 4 is 18.0 Å². The fraction of sp³-hybridized carbons (Fsp3) is 0.250. The molecule has 0 aromatic heterocycles. The number of hydrogen-bond donors (Lipinski definition) is 5. The molecule has 2 aromatic rings. The van der Waals surface area contributed by atoms with Crippen LogP contribution >= 0.6 is 0 Å². The highest BCUT2D eigenvalue weighted by Gasteiger charge is 2.30. The highest BCUT2D eigenvalue weighted by molar-refractivity contribution is 5.87. The summed E-state index contributed by atoms with van der Waals surface area (Å²) in [6.07, 6.45) is -5.21. The lowest BCUT2D eigenvalue weighted by Gasteiger charge is -2.16. The highest BCUT2D eigenvalue weighted by Crippen LogP contribution is 2.44. The number of carboxylic acid groups (broad SMARTS) is 1. The van der Waals surface area contributed by atoms with Crippen LogP contribution in [0.1, 0.15) is 17.0 Å². The zero-order valence-electron chi connectivity index (χ0n) is 15.2. The summed E-state index contributed by atoms with van der Waals surface area (Å²) >= 11 is 0. The topological polar surface area (TPSA) is 145 Å². The van der Waals surface area contributed by atoms with Crippen LogP contribution in [0.5, 0.6) is 0 Å². The van der Waals surface area contributed by atoms with E-state index in [2.05, 4.69) is 10.6 Å². The molecule has 0 saturated heterocycles. The standard InChI is InChI=1S/C20H20N2O7/c23-16(17(24)19(26)27)18(25)21-10-22-20(28)29-9-15-13-7-3-1-5-11(13)12-6-2-4-8-14(12)15/h1-8,15-17,23-24H,9-10H2,(H,21,25)(H,22,28)(H,26,27). The number of amides is 2. The third kappa shape index (κ3) is 4.36. The number of hydrogen-bond acceptors (Lipinski definition) is 6. The Kier molecular flexibility index (Phi) is 6.10. The van der Waals surface area contributed by atoms with Crippen LogP contribution in [-0.2, 0) is 14.3 Å². The van der Waals surface area contributed by atoms with E-state index >= 15 is 0 Å². The Bertz CT molecular complexity index is 885. The maximum absolute atomic E-state index is 11.9. The van der Waals surface area contributed by atoms with Crippen molar-refractivity contribution in [2.24, 2.45) is 0 Å². The maximum atomic E-state index is 11.9. The van der Waals surface area contributed by atoms with Crippen LogP contribution in [0.2, 0.25) is 0 Å². The Morgan fingerprint density at radius 1 is 0.897 bits per heavy atom. The van der Waals surface area contributed by atoms with Crippen molar-refractivity contribution in [1.29, 1.82) is 0 Å². The number of aliphatic carboxylic acids is 1. The van der Waals surface area contributed by atoms with Gasteiger partial charge in [0.2, 0.25) is 0 Å². The summed E-state index contributed by atoms with van der Waals surface area (Å²) in [5.74, 6) is -2.99. The molecule has 29 heavy (non-hydrogen) atoms. The molecule has 152 valence electrons. The summed E-state index contributed by atoms with van der Waals surface area (Å²) in [6, 6.07) is 15.7. The molecule has 2 amide bonds. The van der Waals surface area contributed by atoms with Crippen molar-refractivity contribution in [3.8, 4) is 11.1 Å². The molecule has 0 spiro atoms. The van der Waals surface area contributed by atoms with Gasteiger partial charge in [0.15, 0.2) is 12.2 Å². The van der Waals surface area contributed by atoms with Gasteiger partial charge < -0.3 is 30.7 Å². The summed E-state index contributed by atoms with van der Waals surface area (Å²) < 4.78 is 5.26. The van der Waals surface area contributed by atoms with Crippen molar-refractivity contribution in [2.45, 2.75) is 18.1 Å². The van der Waals surface area contributed by atoms with E-state index in [1.54, 1.807) is 0 Å². The molecule has 0 saturated carbocycles. The molecule has 1 aliphatic rings. The lowest BCUT2D eigenvalue weighted by atomic mass is 9.98. The molecule has 2 aromatic carbocycles. The van der Waals surface area contributed by atoms with Gasteiger partial charge in [-0.05, 0) is 22.3 Å². The summed E-state index contributed by atoms with van der Waals surface area (Å²) in [6.45, 7) is -0.312. The molecule has 9 nitrogen and oxygen atoms in total. The summed E-state index contributed by atoms with van der Waals surface area (Å²) in [5.41, 5.74) is 4.30. The van der Waals surface area contributed by atoms with Crippen LogP contribution < -0.4 is 10.6 Å². The molecule has 9 heteroatoms. The predicted octanol–water partition coefficient (Wildman–Crippen LogP) is 0.405. The number of rotatable bonds is 7. The van der Waals surface area contributed by atoms with Crippen LogP contribution in [0.25, 0.3) is 11.1 Å². The van der Waals surface area contributed by atoms with E-state index in [0.29, 0.717) is 0 Å². The van der Waals surface area contributed by atoms with Crippen LogP contribution in [0, 0.1) is 0 Å². The van der Waals surface area contributed by atoms with Gasteiger partial charge in [-0.1, -0.05) is 48.5 Å². The van der Waals surface area contributed by atoms with Gasteiger partial charge in [-0.15, -0.1) is 0 Å². The zero-order valence-corrected chi connectivity index (χ0v) is 15.2. The number of nitrogens with one attached hydrogen (secondary N) is 2. The SMILES string of the molecule is O=C(NCNC(=O)C(O)C(O)C(=O)O)OCC1c2ccccc2-c2ccccc21. The minimum absolute atomic E-state index is 0.0914. The minimum Gasteiger partial charge on any atom is -0.479 e. The number of carboxylic acids is 1. The van der Waals surface area contributed by atoms with Crippen LogP contribution in [0.4, 0.5) is 4.79 Å². The predicted molar refractivity (Wildman–Crippen MR) is 101 cm³/mol. The van der Waals surface area contributed by atoms with E-state index in [9.17, 15) is 19.5 Å². The Hall–Kier alpha value is -3.43. The number of aliphatic hydroxyl groups is 2. The molecule has 0 bridgehead atoms. The molecule has 0 aliphatic heterocycles. The van der Waals surface area contributed by atoms with Gasteiger partial charge in [-0.3, -0.25) is 4.79 Å². The van der Waals surface area contributed by atoms with Gasteiger partial charge in [0.25, 0.3) is 5.91 Å². The van der Waals surface area contributed by atoms with Crippen LogP contribution in [0.3, 0.4) is 0 Å². The van der Waals surface area contributed by atoms with E-state index in [1.807, 2.05) is 48.5 Å². The molecule has 5 N–H and O–H groups in total. The zero-order chi connectivity index (χ0) is 21.0. The van der Waals surface area contributed by atoms with E-state index < -0.39 is 36.8 Å². The first-order valence-electron chi connectivity index (χ1n) is 8.85. The average Bonchev–Trinajstić information content (AvgIpc) is 3.04. The van der Waals surface area contributed by atoms with Crippen molar-refractivity contribution in [3.63, 3.8) is 0 Å². The lowest BCUT2D eigenvalue weighted by molar-refractivity contribution is -0.158. The molecule has 0 radical (unpaired) electrons. The Labute approximate surface area is 165 Å². The Morgan fingerprint density at radius 3 is 2.00 bits per heavy atom. The Balaban J connectivity index is 1.52. The number of fused-ring (bicyclic) bond motifs is 3. The lowest BCUT2D eigenvalue weighted by Crippen LogP contribution is -2.48. The normalized spacial score (nSPS) is 14.3. The summed E-state index contributed by atoms with van der Waals surface area (Å²) in [5, 5.41) is 31.4. The van der Waals surface area contributed by atoms with Crippen molar-refractivity contribution in [1.82, 2.24) is 10.6 Å².